The third kappa shape index (κ3) is 5.90. The predicted molar refractivity (Wildman–Crippen MR) is 67.0 cm³/mol. The Hall–Kier alpha value is -0.790. The highest BCUT2D eigenvalue weighted by atomic mass is 32.2. The number of nitrogens with one attached hydrogen (secondary N) is 1. The fourth-order valence-electron chi connectivity index (χ4n) is 1.45. The average Bonchev–Trinajstić information content (AvgIpc) is 2.70. The van der Waals surface area contributed by atoms with Crippen LogP contribution in [0.2, 0.25) is 0 Å². The molecular weight excluding hydrogens is 240 g/mol. The van der Waals surface area contributed by atoms with Crippen LogP contribution < -0.4 is 5.32 Å². The Bertz CT molecular complexity index is 356. The summed E-state index contributed by atoms with van der Waals surface area (Å²) in [7, 11) is -0.784. The van der Waals surface area contributed by atoms with Crippen LogP contribution in [0, 0.1) is 0 Å². The molecule has 0 spiro atoms. The van der Waals surface area contributed by atoms with Gasteiger partial charge in [-0.2, -0.15) is 0 Å². The Morgan fingerprint density at radius 1 is 1.65 bits per heavy atom. The number of nitrogens with zero attached hydrogens (tertiary/aromatic N) is 3. The molecule has 2 N–H and O–H groups in total. The first-order chi connectivity index (χ1) is 8.11. The summed E-state index contributed by atoms with van der Waals surface area (Å²) in [4.78, 5) is 0. The van der Waals surface area contributed by atoms with Gasteiger partial charge in [-0.15, -0.1) is 5.10 Å². The molecule has 0 fully saturated rings. The Kier molecular flexibility index (Phi) is 6.31. The Morgan fingerprint density at radius 2 is 2.41 bits per heavy atom. The van der Waals surface area contributed by atoms with Crippen LogP contribution in [0.25, 0.3) is 0 Å². The van der Waals surface area contributed by atoms with Crippen molar-refractivity contribution in [3.63, 3.8) is 0 Å². The van der Waals surface area contributed by atoms with E-state index in [0.29, 0.717) is 25.3 Å². The van der Waals surface area contributed by atoms with Gasteiger partial charge < -0.3 is 10.4 Å². The summed E-state index contributed by atoms with van der Waals surface area (Å²) in [6, 6.07) is 0.198. The fraction of sp³-hybridized carbons (Fsp3) is 0.800. The SMILES string of the molecule is CC(CS(C)=O)NCc1cn(CCCO)nn1. The number of aryl methyl sites for hydroxylation is 1. The maximum Gasteiger partial charge on any atom is 0.0964 e. The molecule has 0 bridgehead atoms. The normalized spacial score (nSPS) is 14.8. The fourth-order valence-corrected chi connectivity index (χ4v) is 2.27. The maximum atomic E-state index is 11.0. The quantitative estimate of drug-likeness (QED) is 0.660. The first-order valence-electron chi connectivity index (χ1n) is 5.65. The van der Waals surface area contributed by atoms with E-state index in [-0.39, 0.29) is 12.6 Å². The van der Waals surface area contributed by atoms with E-state index in [2.05, 4.69) is 15.6 Å². The molecule has 0 aromatic carbocycles. The standard InChI is InChI=1S/C10H20N4O2S/c1-9(8-17(2)16)11-6-10-7-14(13-12-10)4-3-5-15/h7,9,11,15H,3-6,8H2,1-2H3. The van der Waals surface area contributed by atoms with Crippen LogP contribution in [-0.4, -0.2) is 49.0 Å². The third-order valence-electron chi connectivity index (χ3n) is 2.25. The zero-order chi connectivity index (χ0) is 12.7. The summed E-state index contributed by atoms with van der Waals surface area (Å²) in [5.41, 5.74) is 0.858. The van der Waals surface area contributed by atoms with Crippen LogP contribution in [0.15, 0.2) is 6.20 Å². The van der Waals surface area contributed by atoms with Gasteiger partial charge in [0.2, 0.25) is 0 Å². The highest BCUT2D eigenvalue weighted by Gasteiger charge is 2.05. The van der Waals surface area contributed by atoms with Crippen molar-refractivity contribution in [2.45, 2.75) is 32.5 Å². The summed E-state index contributed by atoms with van der Waals surface area (Å²) < 4.78 is 12.7. The lowest BCUT2D eigenvalue weighted by Gasteiger charge is -2.10. The molecule has 0 radical (unpaired) electrons. The lowest BCUT2D eigenvalue weighted by atomic mass is 10.3. The molecule has 0 saturated carbocycles. The van der Waals surface area contributed by atoms with Crippen molar-refractivity contribution in [1.82, 2.24) is 20.3 Å². The van der Waals surface area contributed by atoms with Gasteiger partial charge in [-0.25, -0.2) is 0 Å². The topological polar surface area (TPSA) is 80.0 Å². The van der Waals surface area contributed by atoms with E-state index >= 15 is 0 Å². The minimum Gasteiger partial charge on any atom is -0.396 e. The average molecular weight is 260 g/mol. The largest absolute Gasteiger partial charge is 0.396 e. The van der Waals surface area contributed by atoms with E-state index < -0.39 is 10.8 Å². The smallest absolute Gasteiger partial charge is 0.0964 e. The number of aliphatic hydroxyl groups is 1. The number of hydrogen-bond donors (Lipinski definition) is 2. The number of rotatable bonds is 8. The van der Waals surface area contributed by atoms with Crippen LogP contribution >= 0.6 is 0 Å². The summed E-state index contributed by atoms with van der Waals surface area (Å²) in [5, 5.41) is 19.9. The van der Waals surface area contributed by atoms with E-state index in [9.17, 15) is 4.21 Å². The van der Waals surface area contributed by atoms with Crippen molar-refractivity contribution in [2.75, 3.05) is 18.6 Å². The third-order valence-corrected chi connectivity index (χ3v) is 3.22. The summed E-state index contributed by atoms with van der Waals surface area (Å²) in [5.74, 6) is 0.638. The Balaban J connectivity index is 2.31. The molecule has 6 nitrogen and oxygen atoms in total. The Labute approximate surface area is 104 Å². The van der Waals surface area contributed by atoms with Gasteiger partial charge in [-0.3, -0.25) is 8.89 Å². The van der Waals surface area contributed by atoms with Crippen molar-refractivity contribution >= 4 is 10.8 Å². The molecule has 0 amide bonds. The second-order valence-corrected chi connectivity index (χ2v) is 5.55. The zero-order valence-electron chi connectivity index (χ0n) is 10.3. The Morgan fingerprint density at radius 3 is 3.06 bits per heavy atom. The molecule has 2 unspecified atom stereocenters. The van der Waals surface area contributed by atoms with E-state index in [1.54, 1.807) is 10.9 Å². The van der Waals surface area contributed by atoms with Gasteiger partial charge in [0.1, 0.15) is 0 Å². The minimum absolute atomic E-state index is 0.160. The van der Waals surface area contributed by atoms with Crippen molar-refractivity contribution in [1.29, 1.82) is 0 Å². The highest BCUT2D eigenvalue weighted by Crippen LogP contribution is 1.96. The molecule has 2 atom stereocenters. The van der Waals surface area contributed by atoms with Crippen LogP contribution in [0.5, 0.6) is 0 Å². The first-order valence-corrected chi connectivity index (χ1v) is 7.38. The van der Waals surface area contributed by atoms with Crippen molar-refractivity contribution < 1.29 is 9.32 Å². The van der Waals surface area contributed by atoms with E-state index in [0.717, 1.165) is 5.69 Å². The van der Waals surface area contributed by atoms with Gasteiger partial charge in [0.15, 0.2) is 0 Å². The minimum atomic E-state index is -0.784. The molecule has 1 rings (SSSR count). The van der Waals surface area contributed by atoms with Crippen LogP contribution in [0.4, 0.5) is 0 Å². The molecule has 1 aromatic heterocycles. The van der Waals surface area contributed by atoms with E-state index in [1.807, 2.05) is 13.1 Å². The van der Waals surface area contributed by atoms with E-state index in [4.69, 9.17) is 5.11 Å². The number of aliphatic hydroxyl groups excluding tert-OH is 1. The van der Waals surface area contributed by atoms with Gasteiger partial charge in [-0.1, -0.05) is 5.21 Å². The summed E-state index contributed by atoms with van der Waals surface area (Å²) in [6.07, 6.45) is 4.24. The van der Waals surface area contributed by atoms with Crippen LogP contribution in [-0.2, 0) is 23.9 Å². The first kappa shape index (κ1) is 14.3. The number of hydrogen-bond acceptors (Lipinski definition) is 5. The molecule has 0 aliphatic rings. The van der Waals surface area contributed by atoms with E-state index in [1.165, 1.54) is 0 Å². The predicted octanol–water partition coefficient (Wildman–Crippen LogP) is -0.483. The zero-order valence-corrected chi connectivity index (χ0v) is 11.1. The molecule has 0 saturated heterocycles. The second kappa shape index (κ2) is 7.52. The monoisotopic (exact) mass is 260 g/mol. The molecular formula is C10H20N4O2S. The second-order valence-electron chi connectivity index (χ2n) is 4.07. The van der Waals surface area contributed by atoms with Gasteiger partial charge >= 0.3 is 0 Å². The van der Waals surface area contributed by atoms with Crippen LogP contribution in [0.1, 0.15) is 19.0 Å². The number of aromatic nitrogens is 3. The van der Waals surface area contributed by atoms with Gasteiger partial charge in [0, 0.05) is 54.7 Å². The highest BCUT2D eigenvalue weighted by molar-refractivity contribution is 7.84. The molecule has 98 valence electrons. The molecule has 0 aliphatic heterocycles. The van der Waals surface area contributed by atoms with Gasteiger partial charge in [-0.05, 0) is 13.3 Å². The maximum absolute atomic E-state index is 11.0. The molecule has 1 heterocycles. The molecule has 1 aromatic rings. The molecule has 0 aliphatic carbocycles. The van der Waals surface area contributed by atoms with Crippen molar-refractivity contribution in [2.24, 2.45) is 0 Å². The molecule has 17 heavy (non-hydrogen) atoms. The lowest BCUT2D eigenvalue weighted by Crippen LogP contribution is -2.30. The van der Waals surface area contributed by atoms with Gasteiger partial charge in [0.05, 0.1) is 5.69 Å². The van der Waals surface area contributed by atoms with Crippen molar-refractivity contribution in [3.8, 4) is 0 Å². The van der Waals surface area contributed by atoms with Crippen molar-refractivity contribution in [3.05, 3.63) is 11.9 Å². The lowest BCUT2D eigenvalue weighted by molar-refractivity contribution is 0.276. The van der Waals surface area contributed by atoms with Gasteiger partial charge in [0.25, 0.3) is 0 Å². The molecule has 7 heteroatoms. The summed E-state index contributed by atoms with van der Waals surface area (Å²) >= 11 is 0. The van der Waals surface area contributed by atoms with Crippen LogP contribution in [0.3, 0.4) is 0 Å². The summed E-state index contributed by atoms with van der Waals surface area (Å²) in [6.45, 7) is 3.46.